The van der Waals surface area contributed by atoms with E-state index in [-0.39, 0.29) is 11.9 Å². The van der Waals surface area contributed by atoms with Gasteiger partial charge in [-0.1, -0.05) is 47.6 Å². The van der Waals surface area contributed by atoms with Crippen LogP contribution in [0.4, 0.5) is 6.01 Å². The summed E-state index contributed by atoms with van der Waals surface area (Å²) in [5, 5.41) is 10.6. The van der Waals surface area contributed by atoms with Crippen LogP contribution in [0.1, 0.15) is 21.5 Å². The van der Waals surface area contributed by atoms with E-state index in [4.69, 9.17) is 4.42 Å². The molecule has 0 spiro atoms. The Morgan fingerprint density at radius 3 is 2.28 bits per heavy atom. The third-order valence-corrected chi connectivity index (χ3v) is 5.19. The Hall–Kier alpha value is -3.38. The predicted molar refractivity (Wildman–Crippen MR) is 115 cm³/mol. The Morgan fingerprint density at radius 2 is 1.59 bits per heavy atom. The van der Waals surface area contributed by atoms with Crippen molar-refractivity contribution < 1.29 is 9.21 Å². The first-order valence-corrected chi connectivity index (χ1v) is 10.4. The molecule has 29 heavy (non-hydrogen) atoms. The zero-order valence-corrected chi connectivity index (χ0v) is 16.6. The number of aromatic nitrogens is 2. The summed E-state index contributed by atoms with van der Waals surface area (Å²) < 4.78 is 5.58. The summed E-state index contributed by atoms with van der Waals surface area (Å²) in [6.07, 6.45) is 2.84. The summed E-state index contributed by atoms with van der Waals surface area (Å²) in [7, 11) is 0. The van der Waals surface area contributed by atoms with Crippen molar-refractivity contribution in [1.82, 2.24) is 10.2 Å². The number of carbonyl (C=O) groups is 1. The molecule has 4 aromatic rings. The first-order chi connectivity index (χ1) is 14.2. The maximum atomic E-state index is 12.5. The highest BCUT2D eigenvalue weighted by Gasteiger charge is 2.13. The van der Waals surface area contributed by atoms with Crippen molar-refractivity contribution >= 4 is 23.7 Å². The van der Waals surface area contributed by atoms with Crippen LogP contribution < -0.4 is 5.32 Å². The molecule has 0 aliphatic carbocycles. The lowest BCUT2D eigenvalue weighted by molar-refractivity contribution is 0.102. The van der Waals surface area contributed by atoms with Crippen molar-refractivity contribution in [3.63, 3.8) is 0 Å². The number of nitrogens with zero attached hydrogens (tertiary/aromatic N) is 2. The molecule has 0 saturated heterocycles. The Bertz CT molecular complexity index is 1090. The van der Waals surface area contributed by atoms with Crippen LogP contribution >= 0.6 is 11.8 Å². The highest BCUT2D eigenvalue weighted by Crippen LogP contribution is 2.23. The quantitative estimate of drug-likeness (QED) is 0.444. The summed E-state index contributed by atoms with van der Waals surface area (Å²) in [5.74, 6) is 0.0790. The number of thioether (sulfide) groups is 1. The smallest absolute Gasteiger partial charge is 0.322 e. The summed E-state index contributed by atoms with van der Waals surface area (Å²) in [6, 6.07) is 25.6. The first-order valence-electron chi connectivity index (χ1n) is 9.13. The lowest BCUT2D eigenvalue weighted by Gasteiger charge is -2.04. The fourth-order valence-electron chi connectivity index (χ4n) is 2.90. The summed E-state index contributed by atoms with van der Waals surface area (Å²) in [6.45, 7) is 0. The zero-order valence-electron chi connectivity index (χ0n) is 15.8. The van der Waals surface area contributed by atoms with E-state index in [0.717, 1.165) is 22.4 Å². The van der Waals surface area contributed by atoms with Gasteiger partial charge in [-0.3, -0.25) is 10.1 Å². The van der Waals surface area contributed by atoms with Crippen molar-refractivity contribution in [2.75, 3.05) is 11.6 Å². The summed E-state index contributed by atoms with van der Waals surface area (Å²) in [4.78, 5) is 13.6. The number of hydrogen-bond acceptors (Lipinski definition) is 5. The molecule has 0 saturated carbocycles. The van der Waals surface area contributed by atoms with E-state index in [0.29, 0.717) is 11.5 Å². The second-order valence-electron chi connectivity index (χ2n) is 6.45. The number of carbonyl (C=O) groups excluding carboxylic acids is 1. The standard InChI is InChI=1S/C23H19N3O2S/c1-29-20-13-11-19(12-14-20)22-25-26-23(28-22)24-21(27)18-9-7-17(8-10-18)15-16-5-3-2-4-6-16/h2-14H,15H2,1H3,(H,24,26,27). The van der Waals surface area contributed by atoms with Gasteiger partial charge in [-0.15, -0.1) is 16.9 Å². The summed E-state index contributed by atoms with van der Waals surface area (Å²) in [5.41, 5.74) is 3.71. The Labute approximate surface area is 173 Å². The fraction of sp³-hybridized carbons (Fsp3) is 0.0870. The maximum Gasteiger partial charge on any atom is 0.322 e. The van der Waals surface area contributed by atoms with Gasteiger partial charge < -0.3 is 4.42 Å². The van der Waals surface area contributed by atoms with Gasteiger partial charge >= 0.3 is 6.01 Å². The predicted octanol–water partition coefficient (Wildman–Crippen LogP) is 5.30. The minimum absolute atomic E-state index is 0.0762. The van der Waals surface area contributed by atoms with Crippen LogP contribution in [0, 0.1) is 0 Å². The summed E-state index contributed by atoms with van der Waals surface area (Å²) >= 11 is 1.66. The molecular formula is C23H19N3O2S. The van der Waals surface area contributed by atoms with Gasteiger partial charge in [0.15, 0.2) is 0 Å². The molecule has 1 N–H and O–H groups in total. The van der Waals surface area contributed by atoms with Crippen molar-refractivity contribution in [3.05, 3.63) is 95.6 Å². The third-order valence-electron chi connectivity index (χ3n) is 4.45. The van der Waals surface area contributed by atoms with Gasteiger partial charge in [-0.25, -0.2) is 0 Å². The monoisotopic (exact) mass is 401 g/mol. The largest absolute Gasteiger partial charge is 0.403 e. The van der Waals surface area contributed by atoms with Gasteiger partial charge in [-0.05, 0) is 60.2 Å². The molecule has 3 aromatic carbocycles. The molecule has 0 aliphatic heterocycles. The Kier molecular flexibility index (Phi) is 5.72. The van der Waals surface area contributed by atoms with E-state index in [1.54, 1.807) is 23.9 Å². The minimum atomic E-state index is -0.288. The van der Waals surface area contributed by atoms with E-state index in [9.17, 15) is 4.79 Å². The van der Waals surface area contributed by atoms with Crippen LogP contribution in [0.2, 0.25) is 0 Å². The highest BCUT2D eigenvalue weighted by molar-refractivity contribution is 7.98. The average molecular weight is 401 g/mol. The first kappa shape index (κ1) is 19.0. The van der Waals surface area contributed by atoms with Gasteiger partial charge in [0.25, 0.3) is 5.91 Å². The molecule has 144 valence electrons. The number of anilines is 1. The topological polar surface area (TPSA) is 68.0 Å². The molecule has 1 amide bonds. The van der Waals surface area contributed by atoms with Gasteiger partial charge in [0.1, 0.15) is 0 Å². The molecule has 1 aromatic heterocycles. The molecule has 6 heteroatoms. The maximum absolute atomic E-state index is 12.5. The van der Waals surface area contributed by atoms with E-state index in [1.165, 1.54) is 5.56 Å². The molecule has 5 nitrogen and oxygen atoms in total. The van der Waals surface area contributed by atoms with Crippen LogP contribution in [-0.4, -0.2) is 22.4 Å². The molecule has 0 atom stereocenters. The normalized spacial score (nSPS) is 10.7. The van der Waals surface area contributed by atoms with E-state index in [1.807, 2.05) is 60.9 Å². The second kappa shape index (κ2) is 8.75. The number of benzene rings is 3. The Balaban J connectivity index is 1.41. The molecule has 1 heterocycles. The number of nitrogens with one attached hydrogen (secondary N) is 1. The van der Waals surface area contributed by atoms with Gasteiger partial charge in [0.2, 0.25) is 5.89 Å². The molecular weight excluding hydrogens is 382 g/mol. The van der Waals surface area contributed by atoms with Crippen molar-refractivity contribution in [2.24, 2.45) is 0 Å². The molecule has 0 radical (unpaired) electrons. The number of hydrogen-bond donors (Lipinski definition) is 1. The van der Waals surface area contributed by atoms with Crippen molar-refractivity contribution in [3.8, 4) is 11.5 Å². The van der Waals surface area contributed by atoms with E-state index < -0.39 is 0 Å². The molecule has 4 rings (SSSR count). The zero-order chi connectivity index (χ0) is 20.1. The lowest BCUT2D eigenvalue weighted by atomic mass is 10.0. The van der Waals surface area contributed by atoms with Crippen LogP contribution in [0.15, 0.2) is 88.2 Å². The van der Waals surface area contributed by atoms with Crippen molar-refractivity contribution in [1.29, 1.82) is 0 Å². The van der Waals surface area contributed by atoms with Crippen LogP contribution in [0.3, 0.4) is 0 Å². The van der Waals surface area contributed by atoms with Crippen LogP contribution in [0.25, 0.3) is 11.5 Å². The van der Waals surface area contributed by atoms with Gasteiger partial charge in [0, 0.05) is 16.0 Å². The average Bonchev–Trinajstić information content (AvgIpc) is 3.23. The van der Waals surface area contributed by atoms with E-state index >= 15 is 0 Å². The van der Waals surface area contributed by atoms with Crippen molar-refractivity contribution in [2.45, 2.75) is 11.3 Å². The number of amides is 1. The molecule has 0 fully saturated rings. The third kappa shape index (κ3) is 4.73. The van der Waals surface area contributed by atoms with Gasteiger partial charge in [-0.2, -0.15) is 0 Å². The van der Waals surface area contributed by atoms with Crippen LogP contribution in [-0.2, 0) is 6.42 Å². The van der Waals surface area contributed by atoms with E-state index in [2.05, 4.69) is 27.6 Å². The SMILES string of the molecule is CSc1ccc(-c2nnc(NC(=O)c3ccc(Cc4ccccc4)cc3)o2)cc1. The molecule has 0 unspecified atom stereocenters. The van der Waals surface area contributed by atoms with Crippen LogP contribution in [0.5, 0.6) is 0 Å². The van der Waals surface area contributed by atoms with Gasteiger partial charge in [0.05, 0.1) is 0 Å². The second-order valence-corrected chi connectivity index (χ2v) is 7.33. The number of rotatable bonds is 6. The minimum Gasteiger partial charge on any atom is -0.403 e. The molecule has 0 aliphatic rings. The Morgan fingerprint density at radius 1 is 0.897 bits per heavy atom. The highest BCUT2D eigenvalue weighted by atomic mass is 32.2. The molecule has 0 bridgehead atoms. The lowest BCUT2D eigenvalue weighted by Crippen LogP contribution is -2.12. The fourth-order valence-corrected chi connectivity index (χ4v) is 3.31.